The average molecular weight is 313 g/mol. The maximum Gasteiger partial charge on any atom is 0.321 e. The lowest BCUT2D eigenvalue weighted by Crippen LogP contribution is -2.50. The zero-order chi connectivity index (χ0) is 16.2. The third-order valence-corrected chi connectivity index (χ3v) is 4.15. The van der Waals surface area contributed by atoms with Crippen molar-refractivity contribution in [1.82, 2.24) is 4.90 Å². The van der Waals surface area contributed by atoms with E-state index in [1.54, 1.807) is 12.1 Å². The van der Waals surface area contributed by atoms with Crippen LogP contribution in [0.4, 0.5) is 20.6 Å². The highest BCUT2D eigenvalue weighted by atomic mass is 19.1. The molecule has 120 valence electrons. The van der Waals surface area contributed by atoms with Crippen molar-refractivity contribution in [1.29, 1.82) is 0 Å². The molecule has 1 saturated heterocycles. The van der Waals surface area contributed by atoms with Crippen molar-refractivity contribution >= 4 is 17.4 Å². The van der Waals surface area contributed by atoms with Gasteiger partial charge in [0.2, 0.25) is 0 Å². The molecule has 2 aromatic carbocycles. The van der Waals surface area contributed by atoms with Crippen LogP contribution in [0.15, 0.2) is 48.5 Å². The van der Waals surface area contributed by atoms with Crippen LogP contribution in [0.25, 0.3) is 0 Å². The molecule has 0 bridgehead atoms. The third kappa shape index (κ3) is 3.62. The molecule has 0 unspecified atom stereocenters. The fourth-order valence-corrected chi connectivity index (χ4v) is 2.73. The monoisotopic (exact) mass is 313 g/mol. The summed E-state index contributed by atoms with van der Waals surface area (Å²) in [5.74, 6) is -0.231. The lowest BCUT2D eigenvalue weighted by atomic mass is 10.2. The Bertz CT molecular complexity index is 679. The Balaban J connectivity index is 1.57. The number of hydrogen-bond acceptors (Lipinski definition) is 2. The zero-order valence-electron chi connectivity index (χ0n) is 13.1. The molecule has 1 aliphatic heterocycles. The van der Waals surface area contributed by atoms with Crippen LogP contribution in [0.1, 0.15) is 5.56 Å². The summed E-state index contributed by atoms with van der Waals surface area (Å²) in [5.41, 5.74) is 2.88. The Morgan fingerprint density at radius 2 is 1.65 bits per heavy atom. The van der Waals surface area contributed by atoms with Gasteiger partial charge in [0, 0.05) is 37.6 Å². The molecular weight excluding hydrogens is 293 g/mol. The highest BCUT2D eigenvalue weighted by Gasteiger charge is 2.21. The molecule has 23 heavy (non-hydrogen) atoms. The van der Waals surface area contributed by atoms with Crippen molar-refractivity contribution in [3.63, 3.8) is 0 Å². The highest BCUT2D eigenvalue weighted by Crippen LogP contribution is 2.18. The lowest BCUT2D eigenvalue weighted by molar-refractivity contribution is 0.208. The molecule has 0 atom stereocenters. The van der Waals surface area contributed by atoms with E-state index in [1.807, 2.05) is 36.1 Å². The van der Waals surface area contributed by atoms with Crippen LogP contribution in [0, 0.1) is 12.7 Å². The minimum absolute atomic E-state index is 0.0712. The summed E-state index contributed by atoms with van der Waals surface area (Å²) >= 11 is 0. The van der Waals surface area contributed by atoms with Gasteiger partial charge in [-0.1, -0.05) is 18.2 Å². The molecule has 0 aliphatic carbocycles. The number of halogens is 1. The van der Waals surface area contributed by atoms with Gasteiger partial charge < -0.3 is 15.1 Å². The van der Waals surface area contributed by atoms with E-state index in [1.165, 1.54) is 12.1 Å². The van der Waals surface area contributed by atoms with Crippen LogP contribution in [0.3, 0.4) is 0 Å². The molecule has 2 aromatic rings. The second kappa shape index (κ2) is 6.69. The number of amides is 2. The molecule has 1 heterocycles. The Morgan fingerprint density at radius 3 is 2.30 bits per heavy atom. The molecule has 0 spiro atoms. The van der Waals surface area contributed by atoms with E-state index in [2.05, 4.69) is 10.2 Å². The number of para-hydroxylation sites is 1. The molecule has 4 nitrogen and oxygen atoms in total. The number of hydrogen-bond donors (Lipinski definition) is 1. The van der Waals surface area contributed by atoms with Gasteiger partial charge in [-0.15, -0.1) is 0 Å². The molecular formula is C18H20FN3O. The SMILES string of the molecule is Cc1ccccc1NC(=O)N1CCN(c2ccc(F)cc2)CC1. The van der Waals surface area contributed by atoms with Gasteiger partial charge in [0.25, 0.3) is 0 Å². The summed E-state index contributed by atoms with van der Waals surface area (Å²) in [4.78, 5) is 16.3. The molecule has 0 saturated carbocycles. The summed E-state index contributed by atoms with van der Waals surface area (Å²) in [6.45, 7) is 4.76. The minimum Gasteiger partial charge on any atom is -0.368 e. The smallest absolute Gasteiger partial charge is 0.321 e. The minimum atomic E-state index is -0.231. The standard InChI is InChI=1S/C18H20FN3O/c1-14-4-2-3-5-17(14)20-18(23)22-12-10-21(11-13-22)16-8-6-15(19)7-9-16/h2-9H,10-13H2,1H3,(H,20,23). The Labute approximate surface area is 135 Å². The van der Waals surface area contributed by atoms with E-state index >= 15 is 0 Å². The van der Waals surface area contributed by atoms with E-state index in [-0.39, 0.29) is 11.8 Å². The van der Waals surface area contributed by atoms with Crippen molar-refractivity contribution < 1.29 is 9.18 Å². The van der Waals surface area contributed by atoms with Gasteiger partial charge in [-0.05, 0) is 42.8 Å². The van der Waals surface area contributed by atoms with Crippen LogP contribution in [0.5, 0.6) is 0 Å². The number of anilines is 2. The summed E-state index contributed by atoms with van der Waals surface area (Å²) in [6, 6.07) is 14.2. The van der Waals surface area contributed by atoms with Gasteiger partial charge in [-0.2, -0.15) is 0 Å². The van der Waals surface area contributed by atoms with E-state index in [0.717, 1.165) is 30.0 Å². The fraction of sp³-hybridized carbons (Fsp3) is 0.278. The van der Waals surface area contributed by atoms with Crippen LogP contribution in [0.2, 0.25) is 0 Å². The van der Waals surface area contributed by atoms with E-state index in [0.29, 0.717) is 13.1 Å². The maximum atomic E-state index is 13.0. The van der Waals surface area contributed by atoms with Crippen molar-refractivity contribution in [2.24, 2.45) is 0 Å². The second-order valence-electron chi connectivity index (χ2n) is 5.70. The first-order valence-corrected chi connectivity index (χ1v) is 7.75. The normalized spacial score (nSPS) is 14.7. The average Bonchev–Trinajstić information content (AvgIpc) is 2.58. The third-order valence-electron chi connectivity index (χ3n) is 4.15. The predicted octanol–water partition coefficient (Wildman–Crippen LogP) is 3.49. The maximum absolute atomic E-state index is 13.0. The zero-order valence-corrected chi connectivity index (χ0v) is 13.1. The molecule has 0 aromatic heterocycles. The van der Waals surface area contributed by atoms with Gasteiger partial charge in [-0.3, -0.25) is 0 Å². The van der Waals surface area contributed by atoms with Crippen LogP contribution in [-0.4, -0.2) is 37.1 Å². The van der Waals surface area contributed by atoms with Gasteiger partial charge >= 0.3 is 6.03 Å². The molecule has 2 amide bonds. The van der Waals surface area contributed by atoms with Crippen LogP contribution in [-0.2, 0) is 0 Å². The number of piperazine rings is 1. The Morgan fingerprint density at radius 1 is 1.00 bits per heavy atom. The van der Waals surface area contributed by atoms with Crippen molar-refractivity contribution in [2.45, 2.75) is 6.92 Å². The first-order valence-electron chi connectivity index (χ1n) is 7.75. The summed E-state index contributed by atoms with van der Waals surface area (Å²) in [6.07, 6.45) is 0. The topological polar surface area (TPSA) is 35.6 Å². The van der Waals surface area contributed by atoms with E-state index < -0.39 is 0 Å². The Hall–Kier alpha value is -2.56. The number of nitrogens with one attached hydrogen (secondary N) is 1. The predicted molar refractivity (Wildman–Crippen MR) is 90.4 cm³/mol. The number of aryl methyl sites for hydroxylation is 1. The number of carbonyl (C=O) groups is 1. The molecule has 0 radical (unpaired) electrons. The molecule has 5 heteroatoms. The molecule has 3 rings (SSSR count). The van der Waals surface area contributed by atoms with Gasteiger partial charge in [-0.25, -0.2) is 9.18 Å². The fourth-order valence-electron chi connectivity index (χ4n) is 2.73. The number of urea groups is 1. The van der Waals surface area contributed by atoms with E-state index in [9.17, 15) is 9.18 Å². The van der Waals surface area contributed by atoms with Crippen molar-refractivity contribution in [3.8, 4) is 0 Å². The van der Waals surface area contributed by atoms with Crippen LogP contribution < -0.4 is 10.2 Å². The number of nitrogens with zero attached hydrogens (tertiary/aromatic N) is 2. The summed E-state index contributed by atoms with van der Waals surface area (Å²) in [7, 11) is 0. The highest BCUT2D eigenvalue weighted by molar-refractivity contribution is 5.90. The van der Waals surface area contributed by atoms with Crippen LogP contribution >= 0.6 is 0 Å². The largest absolute Gasteiger partial charge is 0.368 e. The molecule has 1 fully saturated rings. The number of benzene rings is 2. The number of rotatable bonds is 2. The quantitative estimate of drug-likeness (QED) is 0.921. The van der Waals surface area contributed by atoms with Crippen molar-refractivity contribution in [2.75, 3.05) is 36.4 Å². The van der Waals surface area contributed by atoms with Crippen molar-refractivity contribution in [3.05, 3.63) is 59.9 Å². The molecule has 1 aliphatic rings. The number of carbonyl (C=O) groups excluding carboxylic acids is 1. The lowest BCUT2D eigenvalue weighted by Gasteiger charge is -2.36. The summed E-state index contributed by atoms with van der Waals surface area (Å²) < 4.78 is 13.0. The summed E-state index contributed by atoms with van der Waals surface area (Å²) in [5, 5.41) is 2.96. The van der Waals surface area contributed by atoms with Gasteiger partial charge in [0.15, 0.2) is 0 Å². The molecule has 1 N–H and O–H groups in total. The first kappa shape index (κ1) is 15.3. The first-order chi connectivity index (χ1) is 11.1. The second-order valence-corrected chi connectivity index (χ2v) is 5.70. The Kier molecular flexibility index (Phi) is 4.46. The van der Waals surface area contributed by atoms with E-state index in [4.69, 9.17) is 0 Å². The van der Waals surface area contributed by atoms with Gasteiger partial charge in [0.1, 0.15) is 5.82 Å². The van der Waals surface area contributed by atoms with Gasteiger partial charge in [0.05, 0.1) is 0 Å².